The fraction of sp³-hybridized carbons (Fsp3) is 0.571. The fourth-order valence-corrected chi connectivity index (χ4v) is 1.61. The van der Waals surface area contributed by atoms with Gasteiger partial charge in [0.15, 0.2) is 0 Å². The topological polar surface area (TPSA) is 29.5 Å². The first-order valence-corrected chi connectivity index (χ1v) is 6.28. The van der Waals surface area contributed by atoms with Crippen LogP contribution in [0.2, 0.25) is 0 Å². The molecule has 0 bridgehead atoms. The van der Waals surface area contributed by atoms with Crippen molar-refractivity contribution in [3.05, 3.63) is 35.9 Å². The van der Waals surface area contributed by atoms with Crippen molar-refractivity contribution in [2.24, 2.45) is 5.41 Å². The number of aliphatic hydroxyl groups excluding tert-OH is 1. The van der Waals surface area contributed by atoms with Crippen molar-refractivity contribution < 1.29 is 9.84 Å². The number of ether oxygens (including phenoxy) is 1. The largest absolute Gasteiger partial charge is 0.389 e. The summed E-state index contributed by atoms with van der Waals surface area (Å²) in [7, 11) is 0. The summed E-state index contributed by atoms with van der Waals surface area (Å²) in [6.45, 7) is 6.78. The van der Waals surface area contributed by atoms with Gasteiger partial charge >= 0.3 is 0 Å². The predicted molar refractivity (Wildman–Crippen MR) is 71.2 cm³/mol. The van der Waals surface area contributed by atoms with Crippen molar-refractivity contribution in [2.45, 2.75) is 38.9 Å². The van der Waals surface area contributed by atoms with E-state index in [1.807, 2.05) is 51.1 Å². The van der Waals surface area contributed by atoms with Crippen molar-refractivity contribution in [3.8, 4) is 0 Å². The summed E-state index contributed by atoms with van der Waals surface area (Å²) < 4.78 is 5.46. The molecule has 0 unspecified atom stereocenters. The van der Waals surface area contributed by atoms with E-state index in [1.165, 1.54) is 0 Å². The molecule has 0 aliphatic carbocycles. The Kier molecular flexibility index (Phi) is 5.44. The molecule has 2 nitrogen and oxygen atoms in total. The lowest BCUT2D eigenvalue weighted by Gasteiger charge is -2.29. The monoisotopic (exact) mass is 256 g/mol. The first-order valence-electron chi connectivity index (χ1n) is 5.85. The van der Waals surface area contributed by atoms with E-state index in [-0.39, 0.29) is 17.4 Å². The molecule has 1 aromatic carbocycles. The minimum absolute atomic E-state index is 0.128. The van der Waals surface area contributed by atoms with Crippen molar-refractivity contribution in [2.75, 3.05) is 6.61 Å². The van der Waals surface area contributed by atoms with Gasteiger partial charge in [-0.3, -0.25) is 0 Å². The van der Waals surface area contributed by atoms with Crippen molar-refractivity contribution in [1.82, 2.24) is 0 Å². The number of hydrogen-bond acceptors (Lipinski definition) is 2. The number of aliphatic hydroxyl groups is 1. The van der Waals surface area contributed by atoms with Crippen LogP contribution in [0.15, 0.2) is 30.3 Å². The average Bonchev–Trinajstić information content (AvgIpc) is 2.28. The van der Waals surface area contributed by atoms with Crippen LogP contribution in [0, 0.1) is 5.41 Å². The zero-order chi connectivity index (χ0) is 12.9. The number of halogens is 1. The van der Waals surface area contributed by atoms with E-state index in [1.54, 1.807) is 0 Å². The van der Waals surface area contributed by atoms with Gasteiger partial charge in [-0.05, 0) is 11.0 Å². The second kappa shape index (κ2) is 6.39. The van der Waals surface area contributed by atoms with Crippen LogP contribution >= 0.6 is 11.6 Å². The van der Waals surface area contributed by atoms with Crippen LogP contribution < -0.4 is 0 Å². The Morgan fingerprint density at radius 2 is 1.82 bits per heavy atom. The second-order valence-electron chi connectivity index (χ2n) is 5.34. The maximum Gasteiger partial charge on any atom is 0.0942 e. The highest BCUT2D eigenvalue weighted by Crippen LogP contribution is 2.27. The van der Waals surface area contributed by atoms with E-state index in [2.05, 4.69) is 0 Å². The van der Waals surface area contributed by atoms with Gasteiger partial charge in [-0.1, -0.05) is 51.1 Å². The molecule has 2 atom stereocenters. The van der Waals surface area contributed by atoms with Gasteiger partial charge in [0.2, 0.25) is 0 Å². The van der Waals surface area contributed by atoms with Crippen molar-refractivity contribution in [3.63, 3.8) is 0 Å². The number of hydrogen-bond donors (Lipinski definition) is 1. The Morgan fingerprint density at radius 3 is 2.35 bits per heavy atom. The summed E-state index contributed by atoms with van der Waals surface area (Å²) in [5.41, 5.74) is 0.971. The van der Waals surface area contributed by atoms with Crippen LogP contribution in [-0.4, -0.2) is 23.2 Å². The zero-order valence-electron chi connectivity index (χ0n) is 10.7. The van der Waals surface area contributed by atoms with Crippen LogP contribution in [0.4, 0.5) is 0 Å². The molecule has 0 fully saturated rings. The minimum Gasteiger partial charge on any atom is -0.389 e. The molecule has 0 saturated heterocycles. The lowest BCUT2D eigenvalue weighted by Crippen LogP contribution is -2.36. The third-order valence-electron chi connectivity index (χ3n) is 2.57. The maximum atomic E-state index is 9.87. The molecule has 0 heterocycles. The highest BCUT2D eigenvalue weighted by molar-refractivity contribution is 6.21. The van der Waals surface area contributed by atoms with Crippen molar-refractivity contribution >= 4 is 11.6 Å². The molecule has 0 saturated carbocycles. The normalized spacial score (nSPS) is 15.6. The Morgan fingerprint density at radius 1 is 1.24 bits per heavy atom. The molecule has 0 spiro atoms. The molecule has 3 heteroatoms. The molecule has 17 heavy (non-hydrogen) atoms. The first-order chi connectivity index (χ1) is 7.91. The van der Waals surface area contributed by atoms with Crippen LogP contribution in [0.5, 0.6) is 0 Å². The molecule has 0 aliphatic rings. The van der Waals surface area contributed by atoms with Crippen LogP contribution in [0.1, 0.15) is 26.3 Å². The molecule has 1 rings (SSSR count). The SMILES string of the molecule is CC(C)(C)[C@@H](Cl)[C@@H](O)COCc1ccccc1. The van der Waals surface area contributed by atoms with E-state index in [0.717, 1.165) is 5.56 Å². The van der Waals surface area contributed by atoms with Gasteiger partial charge in [0, 0.05) is 0 Å². The minimum atomic E-state index is -0.639. The summed E-state index contributed by atoms with van der Waals surface area (Å²) in [4.78, 5) is 0. The van der Waals surface area contributed by atoms with E-state index in [4.69, 9.17) is 16.3 Å². The lowest BCUT2D eigenvalue weighted by molar-refractivity contribution is 0.0121. The van der Waals surface area contributed by atoms with E-state index >= 15 is 0 Å². The van der Waals surface area contributed by atoms with E-state index in [9.17, 15) is 5.11 Å². The molecule has 0 radical (unpaired) electrons. The third-order valence-corrected chi connectivity index (χ3v) is 3.51. The fourth-order valence-electron chi connectivity index (χ4n) is 1.53. The summed E-state index contributed by atoms with van der Waals surface area (Å²) >= 11 is 6.16. The van der Waals surface area contributed by atoms with E-state index < -0.39 is 6.10 Å². The smallest absolute Gasteiger partial charge is 0.0942 e. The Hall–Kier alpha value is -0.570. The van der Waals surface area contributed by atoms with Gasteiger partial charge in [0.25, 0.3) is 0 Å². The average molecular weight is 257 g/mol. The molecule has 0 amide bonds. The van der Waals surface area contributed by atoms with E-state index in [0.29, 0.717) is 6.61 Å². The molecule has 96 valence electrons. The van der Waals surface area contributed by atoms with Gasteiger partial charge in [0.1, 0.15) is 0 Å². The number of benzene rings is 1. The maximum absolute atomic E-state index is 9.87. The van der Waals surface area contributed by atoms with Gasteiger partial charge in [-0.2, -0.15) is 0 Å². The summed E-state index contributed by atoms with van der Waals surface area (Å²) in [6, 6.07) is 9.89. The Balaban J connectivity index is 2.32. The summed E-state index contributed by atoms with van der Waals surface area (Å²) in [5.74, 6) is 0. The lowest BCUT2D eigenvalue weighted by atomic mass is 9.89. The third kappa shape index (κ3) is 5.07. The van der Waals surface area contributed by atoms with Gasteiger partial charge < -0.3 is 9.84 Å². The van der Waals surface area contributed by atoms with Crippen molar-refractivity contribution in [1.29, 1.82) is 0 Å². The van der Waals surface area contributed by atoms with Gasteiger partial charge in [0.05, 0.1) is 24.7 Å². The molecule has 0 aromatic heterocycles. The van der Waals surface area contributed by atoms with Crippen LogP contribution in [0.3, 0.4) is 0 Å². The highest BCUT2D eigenvalue weighted by Gasteiger charge is 2.29. The van der Waals surface area contributed by atoms with Crippen LogP contribution in [-0.2, 0) is 11.3 Å². The summed E-state index contributed by atoms with van der Waals surface area (Å²) in [6.07, 6.45) is -0.639. The molecule has 0 aliphatic heterocycles. The van der Waals surface area contributed by atoms with Gasteiger partial charge in [-0.25, -0.2) is 0 Å². The summed E-state index contributed by atoms with van der Waals surface area (Å²) in [5, 5.41) is 9.57. The number of alkyl halides is 1. The highest BCUT2D eigenvalue weighted by atomic mass is 35.5. The predicted octanol–water partition coefficient (Wildman–Crippen LogP) is 3.22. The quantitative estimate of drug-likeness (QED) is 0.820. The van der Waals surface area contributed by atoms with Crippen LogP contribution in [0.25, 0.3) is 0 Å². The molecular formula is C14H21ClO2. The molecule has 1 N–H and O–H groups in total. The van der Waals surface area contributed by atoms with Gasteiger partial charge in [-0.15, -0.1) is 11.6 Å². The standard InChI is InChI=1S/C14H21ClO2/c1-14(2,3)13(15)12(16)10-17-9-11-7-5-4-6-8-11/h4-8,12-13,16H,9-10H2,1-3H3/t12-,13-/m0/s1. The molecule has 1 aromatic rings. The Labute approximate surface area is 109 Å². The second-order valence-corrected chi connectivity index (χ2v) is 5.81. The number of rotatable bonds is 5. The zero-order valence-corrected chi connectivity index (χ0v) is 11.4. The first kappa shape index (κ1) is 14.5. The Bertz CT molecular complexity index is 319. The molecular weight excluding hydrogens is 236 g/mol.